The van der Waals surface area contributed by atoms with Crippen LogP contribution in [0.15, 0.2) is 29.3 Å². The highest BCUT2D eigenvalue weighted by Gasteiger charge is 2.18. The molecule has 0 amide bonds. The monoisotopic (exact) mass is 373 g/mol. The molecule has 3 rings (SSSR count). The number of nitrogens with one attached hydrogen (secondary N) is 2. The SMILES string of the molecule is CCNC(=NCC1CN(C)CCO1)NC(C)c1cccc(N2CCCC2)c1. The summed E-state index contributed by atoms with van der Waals surface area (Å²) in [5, 5.41) is 6.92. The maximum absolute atomic E-state index is 5.83. The molecule has 2 aliphatic heterocycles. The molecule has 2 aliphatic rings. The van der Waals surface area contributed by atoms with E-state index in [1.807, 2.05) is 0 Å². The first kappa shape index (κ1) is 20.0. The molecule has 2 N–H and O–H groups in total. The van der Waals surface area contributed by atoms with Crippen LogP contribution in [-0.2, 0) is 4.74 Å². The Morgan fingerprint density at radius 1 is 1.30 bits per heavy atom. The van der Waals surface area contributed by atoms with Crippen LogP contribution >= 0.6 is 0 Å². The zero-order chi connectivity index (χ0) is 19.1. The topological polar surface area (TPSA) is 52.1 Å². The van der Waals surface area contributed by atoms with Gasteiger partial charge in [-0.05, 0) is 51.4 Å². The van der Waals surface area contributed by atoms with E-state index in [1.54, 1.807) is 0 Å². The minimum Gasteiger partial charge on any atom is -0.374 e. The van der Waals surface area contributed by atoms with Crippen LogP contribution in [0.1, 0.15) is 38.3 Å². The third kappa shape index (κ3) is 5.84. The predicted octanol–water partition coefficient (Wildman–Crippen LogP) is 2.23. The summed E-state index contributed by atoms with van der Waals surface area (Å²) >= 11 is 0. The third-order valence-electron chi connectivity index (χ3n) is 5.33. The van der Waals surface area contributed by atoms with Gasteiger partial charge >= 0.3 is 0 Å². The quantitative estimate of drug-likeness (QED) is 0.592. The maximum Gasteiger partial charge on any atom is 0.191 e. The zero-order valence-electron chi connectivity index (χ0n) is 17.1. The summed E-state index contributed by atoms with van der Waals surface area (Å²) < 4.78 is 5.83. The molecule has 2 fully saturated rings. The second kappa shape index (κ2) is 9.95. The Hall–Kier alpha value is -1.79. The minimum atomic E-state index is 0.174. The van der Waals surface area contributed by atoms with Gasteiger partial charge in [0, 0.05) is 38.4 Å². The van der Waals surface area contributed by atoms with Crippen LogP contribution in [0.2, 0.25) is 0 Å². The van der Waals surface area contributed by atoms with E-state index in [9.17, 15) is 0 Å². The van der Waals surface area contributed by atoms with Crippen molar-refractivity contribution < 1.29 is 4.74 Å². The predicted molar refractivity (Wildman–Crippen MR) is 113 cm³/mol. The second-order valence-corrected chi connectivity index (χ2v) is 7.63. The molecule has 6 nitrogen and oxygen atoms in total. The van der Waals surface area contributed by atoms with Crippen molar-refractivity contribution in [2.75, 3.05) is 57.8 Å². The van der Waals surface area contributed by atoms with Gasteiger partial charge in [0.25, 0.3) is 0 Å². The summed E-state index contributed by atoms with van der Waals surface area (Å²) in [6.45, 7) is 10.9. The van der Waals surface area contributed by atoms with Crippen LogP contribution in [0, 0.1) is 0 Å². The van der Waals surface area contributed by atoms with Crippen LogP contribution in [0.5, 0.6) is 0 Å². The lowest BCUT2D eigenvalue weighted by Gasteiger charge is -2.29. The minimum absolute atomic E-state index is 0.174. The van der Waals surface area contributed by atoms with Crippen molar-refractivity contribution in [3.63, 3.8) is 0 Å². The molecule has 0 aromatic heterocycles. The van der Waals surface area contributed by atoms with Crippen molar-refractivity contribution in [3.05, 3.63) is 29.8 Å². The molecular formula is C21H35N5O. The first-order chi connectivity index (χ1) is 13.2. The van der Waals surface area contributed by atoms with Crippen LogP contribution in [0.25, 0.3) is 0 Å². The number of hydrogen-bond donors (Lipinski definition) is 2. The number of hydrogen-bond acceptors (Lipinski definition) is 4. The third-order valence-corrected chi connectivity index (χ3v) is 5.33. The fraction of sp³-hybridized carbons (Fsp3) is 0.667. The van der Waals surface area contributed by atoms with Gasteiger partial charge < -0.3 is 25.2 Å². The summed E-state index contributed by atoms with van der Waals surface area (Å²) in [5.41, 5.74) is 2.62. The molecule has 6 heteroatoms. The smallest absolute Gasteiger partial charge is 0.191 e. The van der Waals surface area contributed by atoms with E-state index in [2.05, 4.69) is 65.6 Å². The standard InChI is InChI=1S/C21H35N5O/c1-4-22-21(23-15-20-16-25(3)12-13-27-20)24-17(2)18-8-7-9-19(14-18)26-10-5-6-11-26/h7-9,14,17,20H,4-6,10-13,15-16H2,1-3H3,(H2,22,23,24). The van der Waals surface area contributed by atoms with Crippen molar-refractivity contribution in [1.82, 2.24) is 15.5 Å². The summed E-state index contributed by atoms with van der Waals surface area (Å²) in [7, 11) is 2.14. The maximum atomic E-state index is 5.83. The number of ether oxygens (including phenoxy) is 1. The molecule has 0 saturated carbocycles. The van der Waals surface area contributed by atoms with Crippen LogP contribution in [0.3, 0.4) is 0 Å². The second-order valence-electron chi connectivity index (χ2n) is 7.63. The summed E-state index contributed by atoms with van der Waals surface area (Å²) in [6, 6.07) is 9.08. The van der Waals surface area contributed by atoms with Crippen molar-refractivity contribution in [1.29, 1.82) is 0 Å². The van der Waals surface area contributed by atoms with E-state index in [4.69, 9.17) is 9.73 Å². The number of benzene rings is 1. The van der Waals surface area contributed by atoms with Crippen molar-refractivity contribution >= 4 is 11.6 Å². The fourth-order valence-electron chi connectivity index (χ4n) is 3.74. The first-order valence-corrected chi connectivity index (χ1v) is 10.4. The lowest BCUT2D eigenvalue weighted by molar-refractivity contribution is -0.0136. The molecule has 2 unspecified atom stereocenters. The van der Waals surface area contributed by atoms with E-state index < -0.39 is 0 Å². The Morgan fingerprint density at radius 2 is 2.11 bits per heavy atom. The van der Waals surface area contributed by atoms with Gasteiger partial charge in [-0.25, -0.2) is 0 Å². The van der Waals surface area contributed by atoms with E-state index in [0.717, 1.165) is 32.2 Å². The Morgan fingerprint density at radius 3 is 2.85 bits per heavy atom. The first-order valence-electron chi connectivity index (χ1n) is 10.4. The Balaban J connectivity index is 1.61. The Labute approximate surface area is 164 Å². The van der Waals surface area contributed by atoms with E-state index in [-0.39, 0.29) is 12.1 Å². The van der Waals surface area contributed by atoms with Crippen LogP contribution in [0.4, 0.5) is 5.69 Å². The highest BCUT2D eigenvalue weighted by Crippen LogP contribution is 2.23. The molecule has 0 spiro atoms. The van der Waals surface area contributed by atoms with Crippen molar-refractivity contribution in [2.45, 2.75) is 38.8 Å². The normalized spacial score (nSPS) is 22.7. The molecule has 0 bridgehead atoms. The molecule has 1 aromatic carbocycles. The number of nitrogens with zero attached hydrogens (tertiary/aromatic N) is 3. The largest absolute Gasteiger partial charge is 0.374 e. The highest BCUT2D eigenvalue weighted by atomic mass is 16.5. The average molecular weight is 374 g/mol. The summed E-state index contributed by atoms with van der Waals surface area (Å²) in [5.74, 6) is 0.855. The molecule has 2 atom stereocenters. The highest BCUT2D eigenvalue weighted by molar-refractivity contribution is 5.80. The van der Waals surface area contributed by atoms with Gasteiger partial charge in [0.1, 0.15) is 0 Å². The molecule has 0 radical (unpaired) electrons. The van der Waals surface area contributed by atoms with Gasteiger partial charge in [0.2, 0.25) is 0 Å². The molecule has 2 saturated heterocycles. The van der Waals surface area contributed by atoms with Gasteiger partial charge in [-0.2, -0.15) is 0 Å². The summed E-state index contributed by atoms with van der Waals surface area (Å²) in [4.78, 5) is 9.55. The molecule has 0 aliphatic carbocycles. The number of guanidine groups is 1. The Kier molecular flexibility index (Phi) is 7.35. The number of anilines is 1. The van der Waals surface area contributed by atoms with Gasteiger partial charge in [-0.1, -0.05) is 12.1 Å². The molecule has 27 heavy (non-hydrogen) atoms. The van der Waals surface area contributed by atoms with Crippen LogP contribution in [-0.4, -0.2) is 69.9 Å². The lowest BCUT2D eigenvalue weighted by atomic mass is 10.1. The van der Waals surface area contributed by atoms with Crippen molar-refractivity contribution in [2.24, 2.45) is 4.99 Å². The van der Waals surface area contributed by atoms with Gasteiger partial charge in [-0.15, -0.1) is 0 Å². The zero-order valence-corrected chi connectivity index (χ0v) is 17.1. The molecule has 2 heterocycles. The number of rotatable bonds is 6. The Bertz CT molecular complexity index is 614. The van der Waals surface area contributed by atoms with Crippen LogP contribution < -0.4 is 15.5 Å². The average Bonchev–Trinajstić information content (AvgIpc) is 3.21. The molecule has 1 aromatic rings. The van der Waals surface area contributed by atoms with E-state index >= 15 is 0 Å². The molecule has 150 valence electrons. The van der Waals surface area contributed by atoms with Gasteiger partial charge in [-0.3, -0.25) is 4.99 Å². The van der Waals surface area contributed by atoms with E-state index in [0.29, 0.717) is 6.54 Å². The van der Waals surface area contributed by atoms with Crippen molar-refractivity contribution in [3.8, 4) is 0 Å². The number of morpholine rings is 1. The molecular weight excluding hydrogens is 338 g/mol. The summed E-state index contributed by atoms with van der Waals surface area (Å²) in [6.07, 6.45) is 2.77. The number of likely N-dealkylation sites (N-methyl/N-ethyl adjacent to an activating group) is 1. The van der Waals surface area contributed by atoms with Gasteiger partial charge in [0.15, 0.2) is 5.96 Å². The lowest BCUT2D eigenvalue weighted by Crippen LogP contribution is -2.43. The fourth-order valence-corrected chi connectivity index (χ4v) is 3.74. The van der Waals surface area contributed by atoms with Gasteiger partial charge in [0.05, 0.1) is 25.3 Å². The number of aliphatic imine (C=N–C) groups is 1. The van der Waals surface area contributed by atoms with E-state index in [1.165, 1.54) is 37.2 Å².